The van der Waals surface area contributed by atoms with Gasteiger partial charge in [0.25, 0.3) is 5.91 Å². The van der Waals surface area contributed by atoms with E-state index in [-0.39, 0.29) is 16.8 Å². The number of piperidine rings is 1. The Bertz CT molecular complexity index is 1680. The smallest absolute Gasteiger partial charge is 0.271 e. The van der Waals surface area contributed by atoms with E-state index in [4.69, 9.17) is 26.1 Å². The van der Waals surface area contributed by atoms with Crippen molar-refractivity contribution in [1.82, 2.24) is 35.2 Å². The molecule has 0 bridgehead atoms. The summed E-state index contributed by atoms with van der Waals surface area (Å²) in [5.74, 6) is 0.225. The molecule has 6 heterocycles. The number of nitrogens with zero attached hydrogens (tertiary/aromatic N) is 7. The highest BCUT2D eigenvalue weighted by Gasteiger charge is 2.33. The molecule has 43 heavy (non-hydrogen) atoms. The molecule has 2 aliphatic rings. The predicted molar refractivity (Wildman–Crippen MR) is 156 cm³/mol. The van der Waals surface area contributed by atoms with Crippen LogP contribution in [0.15, 0.2) is 43.1 Å². The van der Waals surface area contributed by atoms with E-state index in [1.54, 1.807) is 23.1 Å². The molecule has 0 radical (unpaired) electrons. The van der Waals surface area contributed by atoms with Gasteiger partial charge in [-0.3, -0.25) is 9.78 Å². The van der Waals surface area contributed by atoms with Crippen LogP contribution in [0.4, 0.5) is 10.2 Å². The average molecular weight is 606 g/mol. The molecule has 0 unspecified atom stereocenters. The van der Waals surface area contributed by atoms with Crippen molar-refractivity contribution in [3.8, 4) is 23.1 Å². The number of carbonyl (C=O) groups excluding carboxylic acids is 1. The maximum Gasteiger partial charge on any atom is 0.271 e. The van der Waals surface area contributed by atoms with Crippen LogP contribution < -0.4 is 20.3 Å². The largest absolute Gasteiger partial charge is 0.489 e. The minimum Gasteiger partial charge on any atom is -0.489 e. The fourth-order valence-electron chi connectivity index (χ4n) is 5.26. The zero-order valence-electron chi connectivity index (χ0n) is 23.4. The van der Waals surface area contributed by atoms with Crippen molar-refractivity contribution in [2.45, 2.75) is 31.4 Å². The number of morpholine rings is 1. The minimum atomic E-state index is -0.600. The van der Waals surface area contributed by atoms with Gasteiger partial charge >= 0.3 is 0 Å². The first-order chi connectivity index (χ1) is 20.8. The molecule has 0 aromatic carbocycles. The van der Waals surface area contributed by atoms with Crippen molar-refractivity contribution in [2.24, 2.45) is 0 Å². The molecule has 2 aliphatic heterocycles. The fourth-order valence-corrected chi connectivity index (χ4v) is 5.50. The van der Waals surface area contributed by atoms with Gasteiger partial charge in [-0.2, -0.15) is 10.4 Å². The second-order valence-electron chi connectivity index (χ2n) is 10.8. The van der Waals surface area contributed by atoms with E-state index in [0.717, 1.165) is 18.8 Å². The molecule has 4 aromatic heterocycles. The van der Waals surface area contributed by atoms with Crippen LogP contribution in [-0.2, 0) is 4.74 Å². The number of aromatic nitrogens is 5. The monoisotopic (exact) mass is 605 g/mol. The molecular formula is C29H29ClFN9O3. The van der Waals surface area contributed by atoms with Crippen LogP contribution in [0.2, 0.25) is 5.02 Å². The number of nitriles is 1. The highest BCUT2D eigenvalue weighted by Crippen LogP contribution is 2.31. The number of ether oxygens (including phenoxy) is 2. The van der Waals surface area contributed by atoms with E-state index in [1.807, 2.05) is 13.0 Å². The molecule has 0 spiro atoms. The number of anilines is 1. The number of amides is 1. The highest BCUT2D eigenvalue weighted by molar-refractivity contribution is 6.33. The zero-order valence-corrected chi connectivity index (χ0v) is 24.1. The number of nitrogens with one attached hydrogen (secondary N) is 2. The van der Waals surface area contributed by atoms with Crippen LogP contribution >= 0.6 is 11.6 Å². The Morgan fingerprint density at radius 2 is 2.09 bits per heavy atom. The van der Waals surface area contributed by atoms with Gasteiger partial charge in [-0.15, -0.1) is 0 Å². The van der Waals surface area contributed by atoms with E-state index < -0.39 is 17.3 Å². The van der Waals surface area contributed by atoms with Crippen molar-refractivity contribution < 1.29 is 18.7 Å². The Balaban J connectivity index is 1.15. The maximum absolute atomic E-state index is 13.3. The Labute approximate surface area is 251 Å². The second kappa shape index (κ2) is 12.1. The zero-order chi connectivity index (χ0) is 30.0. The van der Waals surface area contributed by atoms with Crippen LogP contribution in [0.3, 0.4) is 0 Å². The van der Waals surface area contributed by atoms with Crippen molar-refractivity contribution in [2.75, 3.05) is 44.3 Å². The lowest BCUT2D eigenvalue weighted by atomic mass is 9.89. The molecule has 0 aliphatic carbocycles. The summed E-state index contributed by atoms with van der Waals surface area (Å²) in [5, 5.41) is 20.3. The van der Waals surface area contributed by atoms with Gasteiger partial charge in [0.15, 0.2) is 0 Å². The number of hydrogen-bond donors (Lipinski definition) is 2. The van der Waals surface area contributed by atoms with Crippen molar-refractivity contribution in [3.05, 3.63) is 65.2 Å². The van der Waals surface area contributed by atoms with E-state index in [2.05, 4.69) is 36.7 Å². The third-order valence-corrected chi connectivity index (χ3v) is 7.98. The second-order valence-corrected chi connectivity index (χ2v) is 11.2. The third kappa shape index (κ3) is 6.22. The number of rotatable bonds is 7. The lowest BCUT2D eigenvalue weighted by molar-refractivity contribution is 0.000107. The van der Waals surface area contributed by atoms with Crippen LogP contribution in [-0.4, -0.2) is 81.5 Å². The van der Waals surface area contributed by atoms with E-state index in [0.29, 0.717) is 79.6 Å². The number of fused-ring (bicyclic) bond motifs is 1. The summed E-state index contributed by atoms with van der Waals surface area (Å²) in [7, 11) is 0. The van der Waals surface area contributed by atoms with Gasteiger partial charge in [-0.25, -0.2) is 18.9 Å². The molecule has 2 saturated heterocycles. The summed E-state index contributed by atoms with van der Waals surface area (Å²) in [6, 6.07) is 5.11. The van der Waals surface area contributed by atoms with Crippen LogP contribution in [0.1, 0.15) is 35.8 Å². The van der Waals surface area contributed by atoms with Gasteiger partial charge in [-0.05, 0) is 31.9 Å². The van der Waals surface area contributed by atoms with Gasteiger partial charge in [0.05, 0.1) is 59.4 Å². The van der Waals surface area contributed by atoms with Crippen molar-refractivity contribution in [1.29, 1.82) is 5.26 Å². The Hall–Kier alpha value is -4.38. The van der Waals surface area contributed by atoms with E-state index >= 15 is 0 Å². The molecular weight excluding hydrogens is 577 g/mol. The quantitative estimate of drug-likeness (QED) is 0.323. The van der Waals surface area contributed by atoms with Crippen molar-refractivity contribution >= 4 is 28.8 Å². The van der Waals surface area contributed by atoms with Crippen LogP contribution in [0.25, 0.3) is 16.8 Å². The molecule has 4 aromatic rings. The molecule has 222 valence electrons. The lowest BCUT2D eigenvalue weighted by Crippen LogP contribution is -2.53. The first kappa shape index (κ1) is 28.7. The Kier molecular flexibility index (Phi) is 8.07. The molecule has 6 rings (SSSR count). The number of halogens is 2. The van der Waals surface area contributed by atoms with Crippen LogP contribution in [0.5, 0.6) is 5.75 Å². The Morgan fingerprint density at radius 1 is 1.26 bits per heavy atom. The summed E-state index contributed by atoms with van der Waals surface area (Å²) in [6.45, 7) is 5.76. The minimum absolute atomic E-state index is 0.00572. The molecule has 0 saturated carbocycles. The summed E-state index contributed by atoms with van der Waals surface area (Å²) < 4.78 is 26.7. The van der Waals surface area contributed by atoms with Gasteiger partial charge in [0.2, 0.25) is 0 Å². The number of hydrogen-bond acceptors (Lipinski definition) is 10. The highest BCUT2D eigenvalue weighted by atomic mass is 35.5. The summed E-state index contributed by atoms with van der Waals surface area (Å²) >= 11 is 6.03. The molecule has 1 atom stereocenters. The summed E-state index contributed by atoms with van der Waals surface area (Å²) in [6.07, 6.45) is 8.83. The van der Waals surface area contributed by atoms with Gasteiger partial charge in [-0.1, -0.05) is 11.6 Å². The normalized spacial score (nSPS) is 18.3. The average Bonchev–Trinajstić information content (AvgIpc) is 3.43. The van der Waals surface area contributed by atoms with Gasteiger partial charge < -0.3 is 25.0 Å². The standard InChI is InChI=1S/C29H29ClFN9O3/c1-29(38-28(41)26-23(30)8-19(31)12-36-26)2-5-39(6-3-29)25-15-34-24(14-35-25)22-9-20(43-17-21-13-33-4-7-42-21)16-40-27(22)18(10-32)11-37-40/h8-9,11-12,14-16,21,33H,2-7,13,17H2,1H3,(H,38,41)/t21-/m1/s1. The molecule has 2 N–H and O–H groups in total. The Morgan fingerprint density at radius 3 is 2.79 bits per heavy atom. The number of carbonyl (C=O) groups is 1. The maximum atomic E-state index is 13.3. The summed E-state index contributed by atoms with van der Waals surface area (Å²) in [5.41, 5.74) is 1.78. The first-order valence-electron chi connectivity index (χ1n) is 13.9. The topological polar surface area (TPSA) is 143 Å². The van der Waals surface area contributed by atoms with Crippen LogP contribution in [0, 0.1) is 17.1 Å². The van der Waals surface area contributed by atoms with E-state index in [1.165, 1.54) is 6.20 Å². The molecule has 1 amide bonds. The summed E-state index contributed by atoms with van der Waals surface area (Å²) in [4.78, 5) is 28.1. The number of pyridine rings is 2. The molecule has 14 heteroatoms. The molecule has 2 fully saturated rings. The van der Waals surface area contributed by atoms with Gasteiger partial charge in [0, 0.05) is 37.3 Å². The van der Waals surface area contributed by atoms with Crippen molar-refractivity contribution in [3.63, 3.8) is 0 Å². The fraction of sp³-hybridized carbons (Fsp3) is 0.379. The SMILES string of the molecule is CC1(NC(=O)c2ncc(F)cc2Cl)CCN(c2cnc(-c3cc(OC[C@H]4CNCCO4)cn4ncc(C#N)c34)cn2)CC1. The molecule has 12 nitrogen and oxygen atoms in total. The predicted octanol–water partition coefficient (Wildman–Crippen LogP) is 3.01. The van der Waals surface area contributed by atoms with E-state index in [9.17, 15) is 14.4 Å². The third-order valence-electron chi connectivity index (χ3n) is 7.69. The first-order valence-corrected chi connectivity index (χ1v) is 14.3. The van der Waals surface area contributed by atoms with Gasteiger partial charge in [0.1, 0.15) is 41.9 Å². The lowest BCUT2D eigenvalue weighted by Gasteiger charge is -2.40.